The number of nitrogens with zero attached hydrogens (tertiary/aromatic N) is 4. The second-order valence-electron chi connectivity index (χ2n) is 7.18. The maximum Gasteiger partial charge on any atom is 0.317 e. The van der Waals surface area contributed by atoms with Gasteiger partial charge in [-0.1, -0.05) is 0 Å². The third kappa shape index (κ3) is 3.78. The topological polar surface area (TPSA) is 103 Å². The van der Waals surface area contributed by atoms with Crippen molar-refractivity contribution < 1.29 is 14.3 Å². The molecule has 2 N–H and O–H groups in total. The van der Waals surface area contributed by atoms with Crippen LogP contribution in [0.3, 0.4) is 0 Å². The number of likely N-dealkylation sites (tertiary alicyclic amines) is 1. The van der Waals surface area contributed by atoms with Crippen molar-refractivity contribution >= 4 is 17.6 Å². The van der Waals surface area contributed by atoms with Crippen LogP contribution < -0.4 is 15.0 Å². The fourth-order valence-corrected chi connectivity index (χ4v) is 3.85. The lowest BCUT2D eigenvalue weighted by atomic mass is 9.96. The minimum Gasteiger partial charge on any atom is -0.497 e. The summed E-state index contributed by atoms with van der Waals surface area (Å²) in [6.07, 6.45) is 3.53. The second-order valence-corrected chi connectivity index (χ2v) is 7.18. The number of aromatic amines is 1. The first-order valence-electron chi connectivity index (χ1n) is 9.49. The van der Waals surface area contributed by atoms with Crippen molar-refractivity contribution in [3.8, 4) is 5.75 Å². The SMILES string of the molecule is COc1ccc(N2CC(NC(=O)N3CCC(c4ncn[nH]4)CC3)CC2=O)cc1. The van der Waals surface area contributed by atoms with Crippen LogP contribution in [0.25, 0.3) is 0 Å². The maximum atomic E-state index is 12.6. The predicted molar refractivity (Wildman–Crippen MR) is 102 cm³/mol. The summed E-state index contributed by atoms with van der Waals surface area (Å²) in [5.41, 5.74) is 0.815. The number of methoxy groups -OCH3 is 1. The summed E-state index contributed by atoms with van der Waals surface area (Å²) < 4.78 is 5.16. The van der Waals surface area contributed by atoms with E-state index in [1.807, 2.05) is 29.2 Å². The second kappa shape index (κ2) is 7.87. The van der Waals surface area contributed by atoms with Crippen molar-refractivity contribution in [2.24, 2.45) is 0 Å². The Hall–Kier alpha value is -3.10. The first kappa shape index (κ1) is 18.3. The highest BCUT2D eigenvalue weighted by Crippen LogP contribution is 2.26. The highest BCUT2D eigenvalue weighted by molar-refractivity contribution is 5.96. The van der Waals surface area contributed by atoms with Crippen molar-refractivity contribution in [1.82, 2.24) is 25.4 Å². The zero-order valence-corrected chi connectivity index (χ0v) is 15.8. The Balaban J connectivity index is 1.30. The number of benzene rings is 1. The third-order valence-electron chi connectivity index (χ3n) is 5.44. The van der Waals surface area contributed by atoms with Crippen LogP contribution in [-0.2, 0) is 4.79 Å². The van der Waals surface area contributed by atoms with Crippen molar-refractivity contribution in [2.45, 2.75) is 31.2 Å². The minimum atomic E-state index is -0.186. The first-order chi connectivity index (χ1) is 13.6. The lowest BCUT2D eigenvalue weighted by Gasteiger charge is -2.31. The zero-order chi connectivity index (χ0) is 19.5. The summed E-state index contributed by atoms with van der Waals surface area (Å²) in [4.78, 5) is 32.7. The molecule has 0 saturated carbocycles. The molecule has 3 amide bonds. The van der Waals surface area contributed by atoms with Crippen molar-refractivity contribution in [2.75, 3.05) is 31.6 Å². The van der Waals surface area contributed by atoms with E-state index in [-0.39, 0.29) is 18.0 Å². The lowest BCUT2D eigenvalue weighted by Crippen LogP contribution is -2.48. The molecule has 9 heteroatoms. The van der Waals surface area contributed by atoms with Crippen molar-refractivity contribution in [3.05, 3.63) is 36.4 Å². The standard InChI is InChI=1S/C19H24N6O3/c1-28-16-4-2-15(3-5-16)25-11-14(10-17(25)26)22-19(27)24-8-6-13(7-9-24)18-20-12-21-23-18/h2-5,12-14H,6-11H2,1H3,(H,22,27)(H,20,21,23). The Morgan fingerprint density at radius 2 is 2.00 bits per heavy atom. The van der Waals surface area contributed by atoms with Gasteiger partial charge in [0.2, 0.25) is 5.91 Å². The highest BCUT2D eigenvalue weighted by Gasteiger charge is 2.33. The van der Waals surface area contributed by atoms with Gasteiger partial charge in [0.15, 0.2) is 0 Å². The average molecular weight is 384 g/mol. The largest absolute Gasteiger partial charge is 0.497 e. The van der Waals surface area contributed by atoms with Crippen molar-refractivity contribution in [3.63, 3.8) is 0 Å². The van der Waals surface area contributed by atoms with Gasteiger partial charge in [-0.2, -0.15) is 5.10 Å². The number of urea groups is 1. The number of amides is 3. The van der Waals surface area contributed by atoms with Gasteiger partial charge in [0.1, 0.15) is 17.9 Å². The molecule has 0 bridgehead atoms. The number of H-pyrrole nitrogens is 1. The third-order valence-corrected chi connectivity index (χ3v) is 5.44. The van der Waals surface area contributed by atoms with Crippen LogP contribution in [0.1, 0.15) is 31.0 Å². The van der Waals surface area contributed by atoms with Crippen LogP contribution in [-0.4, -0.2) is 64.8 Å². The van der Waals surface area contributed by atoms with Gasteiger partial charge in [-0.15, -0.1) is 0 Å². The molecule has 2 aliphatic heterocycles. The molecule has 2 aliphatic rings. The van der Waals surface area contributed by atoms with E-state index in [1.54, 1.807) is 12.0 Å². The predicted octanol–water partition coefficient (Wildman–Crippen LogP) is 1.51. The number of carbonyl (C=O) groups is 2. The van der Waals surface area contributed by atoms with E-state index in [1.165, 1.54) is 6.33 Å². The molecule has 1 unspecified atom stereocenters. The monoisotopic (exact) mass is 384 g/mol. The molecule has 0 spiro atoms. The molecule has 0 aliphatic carbocycles. The highest BCUT2D eigenvalue weighted by atomic mass is 16.5. The summed E-state index contributed by atoms with van der Waals surface area (Å²) >= 11 is 0. The van der Waals surface area contributed by atoms with E-state index in [0.717, 1.165) is 30.1 Å². The van der Waals surface area contributed by atoms with Gasteiger partial charge >= 0.3 is 6.03 Å². The van der Waals surface area contributed by atoms with Crippen LogP contribution in [0.2, 0.25) is 0 Å². The van der Waals surface area contributed by atoms with E-state index in [2.05, 4.69) is 20.5 Å². The summed E-state index contributed by atoms with van der Waals surface area (Å²) in [5.74, 6) is 1.95. The first-order valence-corrected chi connectivity index (χ1v) is 9.49. The Labute approximate surface area is 163 Å². The molecule has 1 atom stereocenters. The van der Waals surface area contributed by atoms with Crippen LogP contribution in [0.4, 0.5) is 10.5 Å². The minimum absolute atomic E-state index is 0.0134. The Morgan fingerprint density at radius 3 is 2.64 bits per heavy atom. The molecule has 9 nitrogen and oxygen atoms in total. The van der Waals surface area contributed by atoms with Crippen molar-refractivity contribution in [1.29, 1.82) is 0 Å². The number of rotatable bonds is 4. The van der Waals surface area contributed by atoms with E-state index in [4.69, 9.17) is 4.74 Å². The summed E-state index contributed by atoms with van der Waals surface area (Å²) in [7, 11) is 1.61. The average Bonchev–Trinajstić information content (AvgIpc) is 3.38. The van der Waals surface area contributed by atoms with E-state index in [9.17, 15) is 9.59 Å². The number of hydrogen-bond acceptors (Lipinski definition) is 5. The number of ether oxygens (including phenoxy) is 1. The molecule has 1 aromatic carbocycles. The summed E-state index contributed by atoms with van der Waals surface area (Å²) in [6, 6.07) is 7.07. The Morgan fingerprint density at radius 1 is 1.25 bits per heavy atom. The normalized spacial score (nSPS) is 20.5. The molecule has 3 heterocycles. The maximum absolute atomic E-state index is 12.6. The Bertz CT molecular complexity index is 815. The summed E-state index contributed by atoms with van der Waals surface area (Å²) in [6.45, 7) is 1.81. The number of anilines is 1. The van der Waals surface area contributed by atoms with Gasteiger partial charge < -0.3 is 19.9 Å². The molecule has 0 radical (unpaired) electrons. The molecule has 2 saturated heterocycles. The molecule has 28 heavy (non-hydrogen) atoms. The number of nitrogens with one attached hydrogen (secondary N) is 2. The van der Waals surface area contributed by atoms with Gasteiger partial charge in [-0.05, 0) is 37.1 Å². The molecule has 2 fully saturated rings. The number of piperidine rings is 1. The number of carbonyl (C=O) groups excluding carboxylic acids is 2. The number of aromatic nitrogens is 3. The molecular formula is C19H24N6O3. The molecule has 4 rings (SSSR count). The van der Waals surface area contributed by atoms with Crippen LogP contribution in [0, 0.1) is 0 Å². The Kier molecular flexibility index (Phi) is 5.14. The fraction of sp³-hybridized carbons (Fsp3) is 0.474. The van der Waals surface area contributed by atoms with Crippen LogP contribution >= 0.6 is 0 Å². The molecule has 2 aromatic rings. The molecular weight excluding hydrogens is 360 g/mol. The summed E-state index contributed by atoms with van der Waals surface area (Å²) in [5, 5.41) is 9.82. The number of hydrogen-bond donors (Lipinski definition) is 2. The fourth-order valence-electron chi connectivity index (χ4n) is 3.85. The smallest absolute Gasteiger partial charge is 0.317 e. The van der Waals surface area contributed by atoms with Gasteiger partial charge in [-0.25, -0.2) is 9.78 Å². The van der Waals surface area contributed by atoms with Gasteiger partial charge in [-0.3, -0.25) is 9.89 Å². The zero-order valence-electron chi connectivity index (χ0n) is 15.8. The van der Waals surface area contributed by atoms with E-state index in [0.29, 0.717) is 32.0 Å². The molecule has 148 valence electrons. The van der Waals surface area contributed by atoms with E-state index < -0.39 is 0 Å². The van der Waals surface area contributed by atoms with Crippen LogP contribution in [0.5, 0.6) is 5.75 Å². The van der Waals surface area contributed by atoms with Gasteiger partial charge in [0.05, 0.1) is 13.2 Å². The van der Waals surface area contributed by atoms with Gasteiger partial charge in [0.25, 0.3) is 0 Å². The lowest BCUT2D eigenvalue weighted by molar-refractivity contribution is -0.117. The van der Waals surface area contributed by atoms with Crippen LogP contribution in [0.15, 0.2) is 30.6 Å². The van der Waals surface area contributed by atoms with E-state index >= 15 is 0 Å². The molecule has 1 aromatic heterocycles. The van der Waals surface area contributed by atoms with Gasteiger partial charge in [0, 0.05) is 37.7 Å². The quantitative estimate of drug-likeness (QED) is 0.832.